The van der Waals surface area contributed by atoms with Crippen LogP contribution in [0, 0.1) is 6.92 Å². The summed E-state index contributed by atoms with van der Waals surface area (Å²) in [6.07, 6.45) is 7.96. The number of carbonyl (C=O) groups excluding carboxylic acids is 1. The number of hydrogen-bond donors (Lipinski definition) is 0. The molecule has 0 spiro atoms. The van der Waals surface area contributed by atoms with E-state index in [0.717, 1.165) is 28.9 Å². The van der Waals surface area contributed by atoms with Crippen LogP contribution in [-0.4, -0.2) is 24.3 Å². The van der Waals surface area contributed by atoms with Crippen molar-refractivity contribution >= 4 is 16.9 Å². The lowest BCUT2D eigenvalue weighted by Gasteiger charge is -2.09. The van der Waals surface area contributed by atoms with Crippen LogP contribution in [0.4, 0.5) is 0 Å². The van der Waals surface area contributed by atoms with E-state index in [9.17, 15) is 4.79 Å². The predicted molar refractivity (Wildman–Crippen MR) is 107 cm³/mol. The zero-order valence-corrected chi connectivity index (χ0v) is 16.8. The number of aryl methyl sites for hydroxylation is 1. The third-order valence-corrected chi connectivity index (χ3v) is 5.02. The van der Waals surface area contributed by atoms with E-state index in [-0.39, 0.29) is 5.97 Å². The zero-order chi connectivity index (χ0) is 18.9. The summed E-state index contributed by atoms with van der Waals surface area (Å²) in [7, 11) is 1.67. The quantitative estimate of drug-likeness (QED) is 0.397. The van der Waals surface area contributed by atoms with Gasteiger partial charge in [-0.15, -0.1) is 0 Å². The maximum atomic E-state index is 12.1. The van der Waals surface area contributed by atoms with Crippen LogP contribution in [0.3, 0.4) is 0 Å². The van der Waals surface area contributed by atoms with E-state index in [4.69, 9.17) is 9.47 Å². The van der Waals surface area contributed by atoms with Crippen molar-refractivity contribution < 1.29 is 14.3 Å². The number of hydrogen-bond acceptors (Lipinski definition) is 3. The molecule has 1 aromatic heterocycles. The lowest BCUT2D eigenvalue weighted by Crippen LogP contribution is -2.09. The number of unbranched alkanes of at least 4 members (excludes halogenated alkanes) is 5. The summed E-state index contributed by atoms with van der Waals surface area (Å²) in [4.78, 5) is 12.1. The smallest absolute Gasteiger partial charge is 0.310 e. The van der Waals surface area contributed by atoms with Crippen molar-refractivity contribution in [2.24, 2.45) is 0 Å². The molecule has 4 heteroatoms. The Morgan fingerprint density at radius 2 is 1.81 bits per heavy atom. The summed E-state index contributed by atoms with van der Waals surface area (Å²) >= 11 is 0. The van der Waals surface area contributed by atoms with E-state index in [1.54, 1.807) is 7.11 Å². The van der Waals surface area contributed by atoms with E-state index < -0.39 is 0 Å². The van der Waals surface area contributed by atoms with Crippen molar-refractivity contribution in [1.82, 2.24) is 4.57 Å². The van der Waals surface area contributed by atoms with E-state index in [1.807, 2.05) is 19.1 Å². The predicted octanol–water partition coefficient (Wildman–Crippen LogP) is 5.42. The van der Waals surface area contributed by atoms with Crippen LogP contribution < -0.4 is 4.74 Å². The second kappa shape index (κ2) is 10.2. The second-order valence-corrected chi connectivity index (χ2v) is 6.85. The molecule has 1 heterocycles. The summed E-state index contributed by atoms with van der Waals surface area (Å²) in [5, 5.41) is 1.10. The van der Waals surface area contributed by atoms with Crippen molar-refractivity contribution in [2.75, 3.05) is 13.7 Å². The van der Waals surface area contributed by atoms with Gasteiger partial charge in [0.2, 0.25) is 0 Å². The summed E-state index contributed by atoms with van der Waals surface area (Å²) in [6.45, 7) is 7.60. The molecule has 0 amide bonds. The van der Waals surface area contributed by atoms with Crippen LogP contribution in [-0.2, 0) is 22.5 Å². The molecule has 0 aliphatic carbocycles. The minimum absolute atomic E-state index is 0.169. The minimum Gasteiger partial charge on any atom is -0.497 e. The SMILES string of the molecule is CCCCCCCCn1c(C)c(CC(=O)OCC)c2cc(OC)ccc21. The largest absolute Gasteiger partial charge is 0.497 e. The average molecular weight is 360 g/mol. The molecule has 0 saturated heterocycles. The Morgan fingerprint density at radius 3 is 2.50 bits per heavy atom. The number of fused-ring (bicyclic) bond motifs is 1. The third kappa shape index (κ3) is 5.03. The van der Waals surface area contributed by atoms with E-state index in [0.29, 0.717) is 13.0 Å². The first-order chi connectivity index (χ1) is 12.6. The van der Waals surface area contributed by atoms with Crippen LogP contribution in [0.1, 0.15) is 63.6 Å². The fraction of sp³-hybridized carbons (Fsp3) is 0.591. The van der Waals surface area contributed by atoms with Crippen molar-refractivity contribution in [3.63, 3.8) is 0 Å². The van der Waals surface area contributed by atoms with Crippen molar-refractivity contribution in [3.05, 3.63) is 29.5 Å². The van der Waals surface area contributed by atoms with Crippen LogP contribution in [0.2, 0.25) is 0 Å². The van der Waals surface area contributed by atoms with Crippen LogP contribution in [0.25, 0.3) is 10.9 Å². The summed E-state index contributed by atoms with van der Waals surface area (Å²) in [6, 6.07) is 6.13. The molecule has 2 aromatic rings. The first-order valence-electron chi connectivity index (χ1n) is 9.93. The Labute approximate surface area is 157 Å². The van der Waals surface area contributed by atoms with Crippen LogP contribution in [0.5, 0.6) is 5.75 Å². The van der Waals surface area contributed by atoms with Gasteiger partial charge in [-0.1, -0.05) is 39.0 Å². The topological polar surface area (TPSA) is 40.5 Å². The maximum Gasteiger partial charge on any atom is 0.310 e. The standard InChI is InChI=1S/C22H33NO3/c1-5-7-8-9-10-11-14-23-17(3)19(16-22(24)26-6-2)20-15-18(25-4)12-13-21(20)23/h12-13,15H,5-11,14,16H2,1-4H3. The Hall–Kier alpha value is -1.97. The number of nitrogens with zero attached hydrogens (tertiary/aromatic N) is 1. The van der Waals surface area contributed by atoms with Gasteiger partial charge >= 0.3 is 5.97 Å². The second-order valence-electron chi connectivity index (χ2n) is 6.85. The summed E-state index contributed by atoms with van der Waals surface area (Å²) in [5.41, 5.74) is 3.40. The van der Waals surface area contributed by atoms with Gasteiger partial charge < -0.3 is 14.0 Å². The fourth-order valence-corrected chi connectivity index (χ4v) is 3.58. The Kier molecular flexibility index (Phi) is 8.02. The molecule has 0 N–H and O–H groups in total. The highest BCUT2D eigenvalue weighted by molar-refractivity contribution is 5.90. The van der Waals surface area contributed by atoms with Gasteiger partial charge in [0.15, 0.2) is 0 Å². The Morgan fingerprint density at radius 1 is 1.08 bits per heavy atom. The van der Waals surface area contributed by atoms with Gasteiger partial charge in [-0.05, 0) is 44.0 Å². The number of aromatic nitrogens is 1. The molecule has 4 nitrogen and oxygen atoms in total. The summed E-state index contributed by atoms with van der Waals surface area (Å²) < 4.78 is 12.9. The highest BCUT2D eigenvalue weighted by Gasteiger charge is 2.17. The molecule has 144 valence electrons. The molecule has 0 aliphatic rings. The fourth-order valence-electron chi connectivity index (χ4n) is 3.58. The number of carbonyl (C=O) groups is 1. The zero-order valence-electron chi connectivity index (χ0n) is 16.8. The molecular formula is C22H33NO3. The van der Waals surface area contributed by atoms with E-state index in [1.165, 1.54) is 44.0 Å². The van der Waals surface area contributed by atoms with Gasteiger partial charge in [0.25, 0.3) is 0 Å². The number of esters is 1. The highest BCUT2D eigenvalue weighted by Crippen LogP contribution is 2.30. The van der Waals surface area contributed by atoms with Crippen molar-refractivity contribution in [3.8, 4) is 5.75 Å². The minimum atomic E-state index is -0.169. The highest BCUT2D eigenvalue weighted by atomic mass is 16.5. The molecule has 0 bridgehead atoms. The molecule has 0 fully saturated rings. The van der Waals surface area contributed by atoms with Crippen LogP contribution in [0.15, 0.2) is 18.2 Å². The molecule has 0 radical (unpaired) electrons. The normalized spacial score (nSPS) is 11.1. The first-order valence-corrected chi connectivity index (χ1v) is 9.93. The lowest BCUT2D eigenvalue weighted by atomic mass is 10.1. The van der Waals surface area contributed by atoms with Crippen molar-refractivity contribution in [2.45, 2.75) is 72.3 Å². The molecule has 0 atom stereocenters. The third-order valence-electron chi connectivity index (χ3n) is 5.02. The monoisotopic (exact) mass is 359 g/mol. The van der Waals surface area contributed by atoms with E-state index >= 15 is 0 Å². The molecule has 0 saturated carbocycles. The van der Waals surface area contributed by atoms with Gasteiger partial charge in [-0.3, -0.25) is 4.79 Å². The Balaban J connectivity index is 2.22. The van der Waals surface area contributed by atoms with Gasteiger partial charge in [0.1, 0.15) is 5.75 Å². The number of ether oxygens (including phenoxy) is 2. The van der Waals surface area contributed by atoms with Gasteiger partial charge in [0, 0.05) is 23.1 Å². The molecule has 0 unspecified atom stereocenters. The molecule has 2 rings (SSSR count). The Bertz CT molecular complexity index is 718. The van der Waals surface area contributed by atoms with E-state index in [2.05, 4.69) is 24.5 Å². The van der Waals surface area contributed by atoms with Gasteiger partial charge in [0.05, 0.1) is 20.1 Å². The van der Waals surface area contributed by atoms with Crippen molar-refractivity contribution in [1.29, 1.82) is 0 Å². The van der Waals surface area contributed by atoms with Gasteiger partial charge in [-0.2, -0.15) is 0 Å². The van der Waals surface area contributed by atoms with Crippen LogP contribution >= 0.6 is 0 Å². The van der Waals surface area contributed by atoms with Gasteiger partial charge in [-0.25, -0.2) is 0 Å². The first kappa shape index (κ1) is 20.3. The molecule has 26 heavy (non-hydrogen) atoms. The number of benzene rings is 1. The molecule has 1 aromatic carbocycles. The maximum absolute atomic E-state index is 12.1. The summed E-state index contributed by atoms with van der Waals surface area (Å²) in [5.74, 6) is 0.649. The lowest BCUT2D eigenvalue weighted by molar-refractivity contribution is -0.142. The number of methoxy groups -OCH3 is 1. The number of rotatable bonds is 11. The molecular weight excluding hydrogens is 326 g/mol. The molecule has 0 aliphatic heterocycles. The average Bonchev–Trinajstić information content (AvgIpc) is 2.89.